The molecule has 0 fully saturated rings. The molecular formula is C40H89N3. The summed E-state index contributed by atoms with van der Waals surface area (Å²) < 4.78 is 0. The lowest BCUT2D eigenvalue weighted by Crippen LogP contribution is -2.03. The summed E-state index contributed by atoms with van der Waals surface area (Å²) in [5, 5.41) is 6.50. The molecule has 0 aliphatic rings. The van der Waals surface area contributed by atoms with Crippen molar-refractivity contribution in [2.24, 2.45) is 10.7 Å². The Kier molecular flexibility index (Phi) is 61.0. The predicted octanol–water partition coefficient (Wildman–Crippen LogP) is 15.0. The van der Waals surface area contributed by atoms with Crippen LogP contribution in [-0.2, 0) is 0 Å². The van der Waals surface area contributed by atoms with Crippen molar-refractivity contribution in [2.75, 3.05) is 7.05 Å². The van der Waals surface area contributed by atoms with Crippen molar-refractivity contribution in [3.05, 3.63) is 0 Å². The van der Waals surface area contributed by atoms with Gasteiger partial charge in [0.1, 0.15) is 0 Å². The van der Waals surface area contributed by atoms with Gasteiger partial charge >= 0.3 is 0 Å². The van der Waals surface area contributed by atoms with Crippen LogP contribution in [0.2, 0.25) is 0 Å². The number of unbranched alkanes of at least 4 members (excludes halogenated alkanes) is 29. The van der Waals surface area contributed by atoms with Gasteiger partial charge in [0.15, 0.2) is 0 Å². The van der Waals surface area contributed by atoms with Gasteiger partial charge in [-0.3, -0.25) is 4.99 Å². The van der Waals surface area contributed by atoms with Gasteiger partial charge in [-0.05, 0) is 20.8 Å². The van der Waals surface area contributed by atoms with Crippen LogP contribution < -0.4 is 5.73 Å². The largest absolute Gasteiger partial charge is 0.388 e. The van der Waals surface area contributed by atoms with Crippen LogP contribution in [0.3, 0.4) is 0 Å². The van der Waals surface area contributed by atoms with Crippen LogP contribution in [0.25, 0.3) is 0 Å². The van der Waals surface area contributed by atoms with E-state index in [2.05, 4.69) is 18.8 Å². The average Bonchev–Trinajstić information content (AvgIpc) is 2.94. The first kappa shape index (κ1) is 51.7. The first-order valence-corrected chi connectivity index (χ1v) is 18.6. The van der Waals surface area contributed by atoms with Crippen molar-refractivity contribution >= 4 is 11.5 Å². The third-order valence-corrected chi connectivity index (χ3v) is 7.81. The summed E-state index contributed by atoms with van der Waals surface area (Å²) in [5.74, 6) is 0.630. The Morgan fingerprint density at radius 1 is 0.395 bits per heavy atom. The van der Waals surface area contributed by atoms with Crippen LogP contribution in [0.15, 0.2) is 4.99 Å². The number of nitrogens with zero attached hydrogens (tertiary/aromatic N) is 1. The average molecular weight is 612 g/mol. The topological polar surface area (TPSA) is 62.2 Å². The maximum atomic E-state index is 6.50. The fourth-order valence-electron chi connectivity index (χ4n) is 5.10. The zero-order valence-corrected chi connectivity index (χ0v) is 29.7. The molecule has 3 heteroatoms. The molecule has 0 saturated carbocycles. The molecule has 3 nitrogen and oxygen atoms in total. The van der Waals surface area contributed by atoms with Crippen LogP contribution in [-0.4, -0.2) is 18.6 Å². The van der Waals surface area contributed by atoms with Crippen molar-refractivity contribution in [2.45, 2.75) is 242 Å². The van der Waals surface area contributed by atoms with Crippen molar-refractivity contribution < 1.29 is 0 Å². The first-order chi connectivity index (χ1) is 19.9. The molecule has 264 valence electrons. The van der Waals surface area contributed by atoms with E-state index in [1.807, 2.05) is 0 Å². The molecule has 0 aromatic heterocycles. The number of rotatable bonds is 29. The van der Waals surface area contributed by atoms with E-state index in [4.69, 9.17) is 11.1 Å². The minimum absolute atomic E-state index is 0. The van der Waals surface area contributed by atoms with Crippen LogP contribution in [0.4, 0.5) is 0 Å². The van der Waals surface area contributed by atoms with E-state index in [-0.39, 0.29) is 14.9 Å². The standard InChI is InChI=1S/C32H66.C3H8N2.C3H7N.2CH4/c1-3-5-7-9-11-13-15-17-19-21-23-25-27-29-31-32-30-28-26-24-22-20-18-16-14-12-10-8-6-4-2;1-3(4)5-2;1-3(2)4;;/h3-32H2,1-2H3;1-2H3,(H2,4,5);4H,1-2H3;2*1H4. The molecule has 0 aromatic carbocycles. The smallest absolute Gasteiger partial charge is 0.0902 e. The van der Waals surface area contributed by atoms with Gasteiger partial charge in [0, 0.05) is 12.8 Å². The molecule has 0 saturated heterocycles. The van der Waals surface area contributed by atoms with E-state index in [0.29, 0.717) is 11.5 Å². The minimum atomic E-state index is 0. The quantitative estimate of drug-likeness (QED) is 0.0493. The van der Waals surface area contributed by atoms with E-state index < -0.39 is 0 Å². The lowest BCUT2D eigenvalue weighted by molar-refractivity contribution is 0.513. The maximum absolute atomic E-state index is 6.50. The van der Waals surface area contributed by atoms with Gasteiger partial charge in [-0.25, -0.2) is 0 Å². The molecule has 43 heavy (non-hydrogen) atoms. The SMILES string of the molecule is C.C.CC(C)=N.CCCCCCCCCCCCCCCCCCCCCCCCCCCCCCCC.CN=C(C)N. The first-order valence-electron chi connectivity index (χ1n) is 18.6. The van der Waals surface area contributed by atoms with Crippen LogP contribution >= 0.6 is 0 Å². The van der Waals surface area contributed by atoms with Crippen molar-refractivity contribution in [1.82, 2.24) is 0 Å². The van der Waals surface area contributed by atoms with E-state index in [1.165, 1.54) is 193 Å². The highest BCUT2D eigenvalue weighted by Crippen LogP contribution is 2.16. The Labute approximate surface area is 276 Å². The van der Waals surface area contributed by atoms with Crippen molar-refractivity contribution in [3.63, 3.8) is 0 Å². The van der Waals surface area contributed by atoms with Crippen LogP contribution in [0, 0.1) is 5.41 Å². The summed E-state index contributed by atoms with van der Waals surface area (Å²) in [4.78, 5) is 3.58. The number of hydrogen-bond donors (Lipinski definition) is 2. The summed E-state index contributed by atoms with van der Waals surface area (Å²) in [5.41, 5.74) is 5.71. The van der Waals surface area contributed by atoms with Gasteiger partial charge in [0.2, 0.25) is 0 Å². The Morgan fingerprint density at radius 3 is 0.558 bits per heavy atom. The fraction of sp³-hybridized carbons (Fsp3) is 0.950. The number of amidine groups is 1. The molecule has 3 N–H and O–H groups in total. The zero-order valence-electron chi connectivity index (χ0n) is 29.7. The molecule has 0 spiro atoms. The number of nitrogens with two attached hydrogens (primary N) is 1. The van der Waals surface area contributed by atoms with Gasteiger partial charge in [0.05, 0.1) is 5.84 Å². The zero-order chi connectivity index (χ0) is 31.1. The third kappa shape index (κ3) is 69.4. The van der Waals surface area contributed by atoms with Crippen LogP contribution in [0.1, 0.15) is 242 Å². The highest BCUT2D eigenvalue weighted by Gasteiger charge is 1.96. The second kappa shape index (κ2) is 50.8. The number of aliphatic imine (C=N–C) groups is 1. The van der Waals surface area contributed by atoms with Gasteiger partial charge in [-0.1, -0.05) is 221 Å². The minimum Gasteiger partial charge on any atom is -0.388 e. The third-order valence-electron chi connectivity index (χ3n) is 7.81. The molecule has 0 rings (SSSR count). The summed E-state index contributed by atoms with van der Waals surface area (Å²) in [7, 11) is 1.66. The molecule has 0 radical (unpaired) electrons. The fourth-order valence-corrected chi connectivity index (χ4v) is 5.10. The highest BCUT2D eigenvalue weighted by atomic mass is 14.8. The molecule has 0 aliphatic carbocycles. The van der Waals surface area contributed by atoms with Crippen molar-refractivity contribution in [1.29, 1.82) is 5.41 Å². The monoisotopic (exact) mass is 612 g/mol. The normalized spacial score (nSPS) is 10.5. The van der Waals surface area contributed by atoms with Crippen LogP contribution in [0.5, 0.6) is 0 Å². The molecule has 0 aliphatic heterocycles. The van der Waals surface area contributed by atoms with Gasteiger partial charge in [-0.2, -0.15) is 0 Å². The second-order valence-corrected chi connectivity index (χ2v) is 12.8. The molecule has 0 amide bonds. The highest BCUT2D eigenvalue weighted by molar-refractivity contribution is 5.77. The van der Waals surface area contributed by atoms with E-state index >= 15 is 0 Å². The molecule has 0 atom stereocenters. The van der Waals surface area contributed by atoms with E-state index in [9.17, 15) is 0 Å². The van der Waals surface area contributed by atoms with Gasteiger partial charge < -0.3 is 11.1 Å². The number of nitrogens with one attached hydrogen (secondary N) is 1. The Balaban J connectivity index is -0.000000380. The second-order valence-electron chi connectivity index (χ2n) is 12.8. The summed E-state index contributed by atoms with van der Waals surface area (Å²) in [6.45, 7) is 9.86. The lowest BCUT2D eigenvalue weighted by atomic mass is 10.0. The summed E-state index contributed by atoms with van der Waals surface area (Å²) in [6, 6.07) is 0. The van der Waals surface area contributed by atoms with Gasteiger partial charge in [-0.15, -0.1) is 0 Å². The molecule has 0 aromatic rings. The molecule has 0 bridgehead atoms. The number of hydrogen-bond acceptors (Lipinski definition) is 2. The Morgan fingerprint density at radius 2 is 0.488 bits per heavy atom. The maximum Gasteiger partial charge on any atom is 0.0902 e. The lowest BCUT2D eigenvalue weighted by Gasteiger charge is -2.04. The molecular weight excluding hydrogens is 522 g/mol. The van der Waals surface area contributed by atoms with Gasteiger partial charge in [0.25, 0.3) is 0 Å². The summed E-state index contributed by atoms with van der Waals surface area (Å²) in [6.07, 6.45) is 44.4. The predicted molar refractivity (Wildman–Crippen MR) is 206 cm³/mol. The Hall–Kier alpha value is -0.860. The molecule has 0 heterocycles. The van der Waals surface area contributed by atoms with E-state index in [0.717, 1.165) is 0 Å². The molecule has 0 unspecified atom stereocenters. The summed E-state index contributed by atoms with van der Waals surface area (Å²) >= 11 is 0. The van der Waals surface area contributed by atoms with E-state index in [1.54, 1.807) is 27.8 Å². The Bertz CT molecular complexity index is 448. The van der Waals surface area contributed by atoms with Crippen molar-refractivity contribution in [3.8, 4) is 0 Å².